The minimum Gasteiger partial charge on any atom is -0.422 e. The molecule has 2 atom stereocenters. The van der Waals surface area contributed by atoms with Crippen LogP contribution in [0, 0.1) is 5.41 Å². The van der Waals surface area contributed by atoms with Crippen molar-refractivity contribution in [1.29, 1.82) is 0 Å². The summed E-state index contributed by atoms with van der Waals surface area (Å²) in [5, 5.41) is 0. The Morgan fingerprint density at radius 1 is 0.684 bits per heavy atom. The predicted molar refractivity (Wildman–Crippen MR) is 132 cm³/mol. The molecule has 1 aliphatic heterocycles. The second kappa shape index (κ2) is 9.11. The number of hydrogen-bond acceptors (Lipinski definition) is 5. The normalized spacial score (nSPS) is 22.6. The first-order chi connectivity index (χ1) is 17.9. The third-order valence-corrected chi connectivity index (χ3v) is 7.38. The van der Waals surface area contributed by atoms with Crippen molar-refractivity contribution in [2.75, 3.05) is 0 Å². The van der Waals surface area contributed by atoms with Gasteiger partial charge in [-0.15, -0.1) is 0 Å². The smallest absolute Gasteiger partial charge is 0.416 e. The molecule has 0 unspecified atom stereocenters. The lowest BCUT2D eigenvalue weighted by Crippen LogP contribution is -2.61. The van der Waals surface area contributed by atoms with Crippen molar-refractivity contribution in [3.8, 4) is 11.1 Å². The molecule has 0 aromatic heterocycles. The molecule has 1 spiro atoms. The first-order valence-corrected chi connectivity index (χ1v) is 12.2. The summed E-state index contributed by atoms with van der Waals surface area (Å²) in [5.74, 6) is -4.67. The highest BCUT2D eigenvalue weighted by molar-refractivity contribution is 6.06. The zero-order chi connectivity index (χ0) is 27.3. The van der Waals surface area contributed by atoms with Crippen LogP contribution in [0.25, 0.3) is 11.1 Å². The molecule has 5 rings (SSSR count). The number of alkyl halides is 3. The molecule has 38 heavy (non-hydrogen) atoms. The molecule has 2 aliphatic rings. The van der Waals surface area contributed by atoms with Crippen LogP contribution < -0.4 is 0 Å². The van der Waals surface area contributed by atoms with E-state index in [1.807, 2.05) is 0 Å². The number of esters is 2. The number of rotatable bonds is 3. The van der Waals surface area contributed by atoms with Gasteiger partial charge in [-0.05, 0) is 34.4 Å². The third-order valence-electron chi connectivity index (χ3n) is 7.38. The lowest BCUT2D eigenvalue weighted by atomic mass is 9.55. The van der Waals surface area contributed by atoms with Gasteiger partial charge >= 0.3 is 18.1 Å². The Bertz CT molecular complexity index is 1360. The van der Waals surface area contributed by atoms with Crippen LogP contribution in [0.4, 0.5) is 13.2 Å². The summed E-state index contributed by atoms with van der Waals surface area (Å²) >= 11 is 0. The van der Waals surface area contributed by atoms with E-state index < -0.39 is 46.7 Å². The molecule has 3 aromatic carbocycles. The lowest BCUT2D eigenvalue weighted by molar-refractivity contribution is -0.256. The molecule has 2 fully saturated rings. The van der Waals surface area contributed by atoms with Gasteiger partial charge in [0.15, 0.2) is 5.41 Å². The number of halogens is 3. The minimum atomic E-state index is -4.43. The van der Waals surface area contributed by atoms with Crippen LogP contribution in [0.15, 0.2) is 78.9 Å². The fraction of sp³-hybridized carbons (Fsp3) is 0.300. The molecule has 196 valence electrons. The van der Waals surface area contributed by atoms with E-state index in [4.69, 9.17) is 9.47 Å². The van der Waals surface area contributed by atoms with E-state index >= 15 is 0 Å². The largest absolute Gasteiger partial charge is 0.422 e. The predicted octanol–water partition coefficient (Wildman–Crippen LogP) is 6.43. The van der Waals surface area contributed by atoms with Crippen LogP contribution in [-0.2, 0) is 30.0 Å². The van der Waals surface area contributed by atoms with Crippen molar-refractivity contribution >= 4 is 17.7 Å². The van der Waals surface area contributed by atoms with Gasteiger partial charge in [-0.1, -0.05) is 66.7 Å². The summed E-state index contributed by atoms with van der Waals surface area (Å²) < 4.78 is 50.1. The molecule has 1 heterocycles. The highest BCUT2D eigenvalue weighted by Crippen LogP contribution is 2.57. The summed E-state index contributed by atoms with van der Waals surface area (Å²) in [6.45, 7) is 2.96. The van der Waals surface area contributed by atoms with Crippen LogP contribution in [0.3, 0.4) is 0 Å². The Labute approximate surface area is 217 Å². The van der Waals surface area contributed by atoms with Gasteiger partial charge in [0.25, 0.3) is 5.79 Å². The molecule has 5 nitrogen and oxygen atoms in total. The zero-order valence-corrected chi connectivity index (χ0v) is 20.7. The van der Waals surface area contributed by atoms with E-state index in [1.165, 1.54) is 26.0 Å². The molecule has 1 saturated heterocycles. The van der Waals surface area contributed by atoms with E-state index in [0.717, 1.165) is 12.1 Å². The van der Waals surface area contributed by atoms with Crippen LogP contribution in [-0.4, -0.2) is 23.5 Å². The average molecular weight is 523 g/mol. The van der Waals surface area contributed by atoms with Gasteiger partial charge in [-0.3, -0.25) is 14.4 Å². The summed E-state index contributed by atoms with van der Waals surface area (Å²) in [6.07, 6.45) is -4.51. The molecule has 0 bridgehead atoms. The highest BCUT2D eigenvalue weighted by Gasteiger charge is 2.67. The molecule has 1 aliphatic carbocycles. The minimum absolute atomic E-state index is 0.0191. The SMILES string of the molecule is CC1(C)OC(=O)C2(C(=O)O1)[C@@H](c1ccccc1)CC(=O)C[C@H]2c1ccc(-c2ccc(C(F)(F)F)cc2)cc1. The van der Waals surface area contributed by atoms with E-state index in [-0.39, 0.29) is 18.6 Å². The average Bonchev–Trinajstić information content (AvgIpc) is 2.87. The fourth-order valence-corrected chi connectivity index (χ4v) is 5.60. The van der Waals surface area contributed by atoms with Crippen LogP contribution >= 0.6 is 0 Å². The number of hydrogen-bond donors (Lipinski definition) is 0. The van der Waals surface area contributed by atoms with Gasteiger partial charge in [-0.2, -0.15) is 13.2 Å². The number of ketones is 1. The molecule has 8 heteroatoms. The standard InChI is InChI=1S/C30H25F3O5/c1-28(2)37-26(35)29(27(36)38-28)24(20-6-4-3-5-7-20)16-23(34)17-25(29)21-10-8-18(9-11-21)19-12-14-22(15-13-19)30(31,32)33/h3-15,24-25H,16-17H2,1-2H3/t24-,25+/m1/s1. The van der Waals surface area contributed by atoms with Gasteiger partial charge in [0, 0.05) is 38.5 Å². The number of benzene rings is 3. The second-order valence-corrected chi connectivity index (χ2v) is 10.2. The molecular formula is C30H25F3O5. The Balaban J connectivity index is 1.58. The molecule has 3 aromatic rings. The quantitative estimate of drug-likeness (QED) is 0.293. The van der Waals surface area contributed by atoms with Crippen LogP contribution in [0.2, 0.25) is 0 Å². The number of carbonyl (C=O) groups is 3. The first kappa shape index (κ1) is 25.7. The molecule has 0 amide bonds. The molecular weight excluding hydrogens is 497 g/mol. The second-order valence-electron chi connectivity index (χ2n) is 10.2. The lowest BCUT2D eigenvalue weighted by Gasteiger charge is -2.49. The molecule has 0 radical (unpaired) electrons. The van der Waals surface area contributed by atoms with Crippen molar-refractivity contribution in [3.63, 3.8) is 0 Å². The summed E-state index contributed by atoms with van der Waals surface area (Å²) in [6, 6.07) is 20.5. The van der Waals surface area contributed by atoms with E-state index in [0.29, 0.717) is 22.3 Å². The van der Waals surface area contributed by atoms with Gasteiger partial charge in [0.1, 0.15) is 5.78 Å². The summed E-state index contributed by atoms with van der Waals surface area (Å²) in [4.78, 5) is 40.5. The maximum Gasteiger partial charge on any atom is 0.416 e. The molecule has 1 saturated carbocycles. The van der Waals surface area contributed by atoms with Gasteiger partial charge < -0.3 is 9.47 Å². The maximum atomic E-state index is 13.7. The summed E-state index contributed by atoms with van der Waals surface area (Å²) in [5.41, 5.74) is -0.0956. The maximum absolute atomic E-state index is 13.7. The van der Waals surface area contributed by atoms with Gasteiger partial charge in [0.05, 0.1) is 5.56 Å². The highest BCUT2D eigenvalue weighted by atomic mass is 19.4. The number of ether oxygens (including phenoxy) is 2. The van der Waals surface area contributed by atoms with Crippen LogP contribution in [0.5, 0.6) is 0 Å². The first-order valence-electron chi connectivity index (χ1n) is 12.2. The fourth-order valence-electron chi connectivity index (χ4n) is 5.60. The zero-order valence-electron chi connectivity index (χ0n) is 20.7. The summed E-state index contributed by atoms with van der Waals surface area (Å²) in [7, 11) is 0. The van der Waals surface area contributed by atoms with E-state index in [9.17, 15) is 27.6 Å². The van der Waals surface area contributed by atoms with Crippen LogP contribution in [0.1, 0.15) is 55.2 Å². The Hall–Kier alpha value is -3.94. The van der Waals surface area contributed by atoms with Crippen molar-refractivity contribution < 1.29 is 37.0 Å². The third kappa shape index (κ3) is 4.38. The Kier molecular flexibility index (Phi) is 6.16. The topological polar surface area (TPSA) is 69.7 Å². The molecule has 0 N–H and O–H groups in total. The van der Waals surface area contributed by atoms with Crippen molar-refractivity contribution in [2.24, 2.45) is 5.41 Å². The number of Topliss-reactive ketones (excluding diaryl/α,β-unsaturated/α-hetero) is 1. The van der Waals surface area contributed by atoms with Crippen molar-refractivity contribution in [3.05, 3.63) is 95.6 Å². The number of carbonyl (C=O) groups excluding carboxylic acids is 3. The van der Waals surface area contributed by atoms with E-state index in [1.54, 1.807) is 54.6 Å². The van der Waals surface area contributed by atoms with E-state index in [2.05, 4.69) is 0 Å². The van der Waals surface area contributed by atoms with Gasteiger partial charge in [-0.25, -0.2) is 0 Å². The van der Waals surface area contributed by atoms with Gasteiger partial charge in [0.2, 0.25) is 0 Å². The Morgan fingerprint density at radius 3 is 1.61 bits per heavy atom. The van der Waals surface area contributed by atoms with Crippen molar-refractivity contribution in [1.82, 2.24) is 0 Å². The monoisotopic (exact) mass is 522 g/mol. The van der Waals surface area contributed by atoms with Crippen molar-refractivity contribution in [2.45, 2.75) is 50.5 Å². The number of cyclic esters (lactones) is 2. The Morgan fingerprint density at radius 2 is 1.13 bits per heavy atom.